The van der Waals surface area contributed by atoms with Crippen LogP contribution in [0.15, 0.2) is 0 Å². The van der Waals surface area contributed by atoms with Crippen LogP contribution in [-0.2, 0) is 0 Å². The SMILES string of the molecule is CC1CCC(C#N)(C2(O)CCCC(C(C)(C)C)CC2)CC1. The number of aliphatic hydroxyl groups is 1. The molecule has 2 aliphatic rings. The molecule has 0 amide bonds. The van der Waals surface area contributed by atoms with E-state index < -0.39 is 11.0 Å². The van der Waals surface area contributed by atoms with Gasteiger partial charge in [-0.15, -0.1) is 0 Å². The molecule has 1 N–H and O–H groups in total. The van der Waals surface area contributed by atoms with Crippen molar-refractivity contribution in [2.45, 2.75) is 91.1 Å². The maximum Gasteiger partial charge on any atom is 0.0860 e. The van der Waals surface area contributed by atoms with E-state index in [2.05, 4.69) is 33.8 Å². The Bertz CT molecular complexity index is 395. The minimum absolute atomic E-state index is 0.312. The van der Waals surface area contributed by atoms with Crippen molar-refractivity contribution in [1.29, 1.82) is 5.26 Å². The predicted molar refractivity (Wildman–Crippen MR) is 86.7 cm³/mol. The maximum absolute atomic E-state index is 11.4. The lowest BCUT2D eigenvalue weighted by Crippen LogP contribution is -2.49. The van der Waals surface area contributed by atoms with Gasteiger partial charge in [-0.1, -0.05) is 34.1 Å². The molecule has 2 fully saturated rings. The smallest absolute Gasteiger partial charge is 0.0860 e. The van der Waals surface area contributed by atoms with Crippen molar-refractivity contribution in [2.75, 3.05) is 0 Å². The van der Waals surface area contributed by atoms with Crippen LogP contribution in [0.3, 0.4) is 0 Å². The second kappa shape index (κ2) is 5.92. The van der Waals surface area contributed by atoms with Gasteiger partial charge in [0.05, 0.1) is 17.1 Å². The third-order valence-electron chi connectivity index (χ3n) is 6.51. The first-order chi connectivity index (χ1) is 9.72. The first kappa shape index (κ1) is 16.8. The van der Waals surface area contributed by atoms with Gasteiger partial charge in [0.2, 0.25) is 0 Å². The Morgan fingerprint density at radius 1 is 1.00 bits per heavy atom. The van der Waals surface area contributed by atoms with Gasteiger partial charge in [-0.2, -0.15) is 5.26 Å². The average Bonchev–Trinajstić information content (AvgIpc) is 2.63. The molecule has 2 atom stereocenters. The van der Waals surface area contributed by atoms with Crippen molar-refractivity contribution in [3.63, 3.8) is 0 Å². The summed E-state index contributed by atoms with van der Waals surface area (Å²) in [5, 5.41) is 21.2. The van der Waals surface area contributed by atoms with E-state index in [0.29, 0.717) is 17.3 Å². The predicted octanol–water partition coefficient (Wildman–Crippen LogP) is 5.06. The highest BCUT2D eigenvalue weighted by Gasteiger charge is 2.52. The van der Waals surface area contributed by atoms with Crippen molar-refractivity contribution >= 4 is 0 Å². The molecule has 0 bridgehead atoms. The Labute approximate surface area is 130 Å². The Morgan fingerprint density at radius 2 is 1.62 bits per heavy atom. The first-order valence-electron chi connectivity index (χ1n) is 8.86. The van der Waals surface area contributed by atoms with E-state index in [4.69, 9.17) is 0 Å². The first-order valence-corrected chi connectivity index (χ1v) is 8.86. The van der Waals surface area contributed by atoms with Gasteiger partial charge >= 0.3 is 0 Å². The number of rotatable bonds is 1. The highest BCUT2D eigenvalue weighted by Crippen LogP contribution is 2.52. The lowest BCUT2D eigenvalue weighted by Gasteiger charge is -2.46. The molecule has 0 radical (unpaired) electrons. The van der Waals surface area contributed by atoms with Gasteiger partial charge in [0.25, 0.3) is 0 Å². The Balaban J connectivity index is 2.16. The fraction of sp³-hybridized carbons (Fsp3) is 0.947. The van der Waals surface area contributed by atoms with Crippen LogP contribution in [0.4, 0.5) is 0 Å². The van der Waals surface area contributed by atoms with E-state index in [0.717, 1.165) is 51.4 Å². The zero-order valence-electron chi connectivity index (χ0n) is 14.4. The van der Waals surface area contributed by atoms with Crippen LogP contribution in [0.2, 0.25) is 0 Å². The number of nitriles is 1. The van der Waals surface area contributed by atoms with Crippen LogP contribution in [0, 0.1) is 34.0 Å². The van der Waals surface area contributed by atoms with Gasteiger partial charge in [-0.05, 0) is 68.6 Å². The van der Waals surface area contributed by atoms with Gasteiger partial charge < -0.3 is 5.11 Å². The van der Waals surface area contributed by atoms with Crippen molar-refractivity contribution < 1.29 is 5.11 Å². The molecule has 2 nitrogen and oxygen atoms in total. The van der Waals surface area contributed by atoms with Crippen LogP contribution in [0.25, 0.3) is 0 Å². The summed E-state index contributed by atoms with van der Waals surface area (Å²) in [7, 11) is 0. The second-order valence-electron chi connectivity index (χ2n) is 8.90. The zero-order valence-corrected chi connectivity index (χ0v) is 14.4. The number of nitrogens with zero attached hydrogens (tertiary/aromatic N) is 1. The normalized spacial score (nSPS) is 42.1. The number of hydrogen-bond acceptors (Lipinski definition) is 2. The fourth-order valence-corrected chi connectivity index (χ4v) is 4.60. The summed E-state index contributed by atoms with van der Waals surface area (Å²) < 4.78 is 0. The summed E-state index contributed by atoms with van der Waals surface area (Å²) in [6, 6.07) is 2.58. The van der Waals surface area contributed by atoms with Gasteiger partial charge in [0.1, 0.15) is 0 Å². The largest absolute Gasteiger partial charge is 0.388 e. The third-order valence-corrected chi connectivity index (χ3v) is 6.51. The molecule has 0 aromatic rings. The van der Waals surface area contributed by atoms with Gasteiger partial charge in [0.15, 0.2) is 0 Å². The van der Waals surface area contributed by atoms with Crippen molar-refractivity contribution in [3.05, 3.63) is 0 Å². The highest BCUT2D eigenvalue weighted by atomic mass is 16.3. The van der Waals surface area contributed by atoms with Crippen molar-refractivity contribution in [2.24, 2.45) is 22.7 Å². The fourth-order valence-electron chi connectivity index (χ4n) is 4.60. The Morgan fingerprint density at radius 3 is 2.14 bits per heavy atom. The van der Waals surface area contributed by atoms with E-state index >= 15 is 0 Å². The standard InChI is InChI=1S/C19H33NO/c1-15-7-11-18(14-20,12-8-15)19(21)10-5-6-16(9-13-19)17(2,3)4/h15-16,21H,5-13H2,1-4H3. The van der Waals surface area contributed by atoms with Crippen molar-refractivity contribution in [3.8, 4) is 6.07 Å². The Kier molecular flexibility index (Phi) is 4.74. The molecule has 2 heteroatoms. The van der Waals surface area contributed by atoms with Crippen LogP contribution in [0.1, 0.15) is 85.5 Å². The molecule has 2 unspecified atom stereocenters. The van der Waals surface area contributed by atoms with Crippen LogP contribution < -0.4 is 0 Å². The summed E-state index contributed by atoms with van der Waals surface area (Å²) in [6.07, 6.45) is 8.94. The highest BCUT2D eigenvalue weighted by molar-refractivity contribution is 5.13. The summed E-state index contributed by atoms with van der Waals surface area (Å²) in [5.74, 6) is 1.38. The van der Waals surface area contributed by atoms with Crippen LogP contribution >= 0.6 is 0 Å². The zero-order chi connectivity index (χ0) is 15.7. The number of hydrogen-bond donors (Lipinski definition) is 1. The molecular formula is C19H33NO. The molecule has 0 aromatic heterocycles. The molecule has 2 rings (SSSR count). The quantitative estimate of drug-likeness (QED) is 0.686. The molecule has 21 heavy (non-hydrogen) atoms. The monoisotopic (exact) mass is 291 g/mol. The molecule has 120 valence electrons. The maximum atomic E-state index is 11.4. The van der Waals surface area contributed by atoms with E-state index in [-0.39, 0.29) is 0 Å². The minimum Gasteiger partial charge on any atom is -0.388 e. The minimum atomic E-state index is -0.748. The van der Waals surface area contributed by atoms with Crippen LogP contribution in [-0.4, -0.2) is 10.7 Å². The molecule has 0 aromatic carbocycles. The van der Waals surface area contributed by atoms with E-state index in [9.17, 15) is 10.4 Å². The van der Waals surface area contributed by atoms with E-state index in [1.807, 2.05) is 0 Å². The molecule has 0 saturated heterocycles. The molecule has 2 saturated carbocycles. The molecular weight excluding hydrogens is 258 g/mol. The second-order valence-corrected chi connectivity index (χ2v) is 8.90. The summed E-state index contributed by atoms with van der Waals surface area (Å²) >= 11 is 0. The van der Waals surface area contributed by atoms with Gasteiger partial charge in [-0.25, -0.2) is 0 Å². The third kappa shape index (κ3) is 3.29. The lowest BCUT2D eigenvalue weighted by atomic mass is 9.60. The average molecular weight is 291 g/mol. The van der Waals surface area contributed by atoms with E-state index in [1.54, 1.807) is 0 Å². The molecule has 0 heterocycles. The lowest BCUT2D eigenvalue weighted by molar-refractivity contribution is -0.0889. The summed E-state index contributed by atoms with van der Waals surface area (Å²) in [5.41, 5.74) is -0.916. The topological polar surface area (TPSA) is 44.0 Å². The van der Waals surface area contributed by atoms with Gasteiger partial charge in [0, 0.05) is 0 Å². The molecule has 0 aliphatic heterocycles. The molecule has 2 aliphatic carbocycles. The van der Waals surface area contributed by atoms with Crippen LogP contribution in [0.5, 0.6) is 0 Å². The Hall–Kier alpha value is -0.550. The summed E-state index contributed by atoms with van der Waals surface area (Å²) in [4.78, 5) is 0. The van der Waals surface area contributed by atoms with Gasteiger partial charge in [-0.3, -0.25) is 0 Å². The summed E-state index contributed by atoms with van der Waals surface area (Å²) in [6.45, 7) is 9.20. The van der Waals surface area contributed by atoms with Crippen molar-refractivity contribution in [1.82, 2.24) is 0 Å². The molecule has 0 spiro atoms. The van der Waals surface area contributed by atoms with E-state index in [1.165, 1.54) is 6.42 Å².